The van der Waals surface area contributed by atoms with Crippen LogP contribution in [0.5, 0.6) is 0 Å². The number of hydrogen-bond donors (Lipinski definition) is 1. The molecule has 2 aliphatic heterocycles. The fourth-order valence-corrected chi connectivity index (χ4v) is 9.44. The van der Waals surface area contributed by atoms with Crippen LogP contribution >= 0.6 is 11.5 Å². The number of carbonyl (C=O) groups excluding carboxylic acids is 2. The monoisotopic (exact) mass is 576 g/mol. The summed E-state index contributed by atoms with van der Waals surface area (Å²) in [6.07, 6.45) is -1.06. The van der Waals surface area contributed by atoms with Crippen LogP contribution in [-0.4, -0.2) is 82.1 Å². The number of likely N-dealkylation sites (tertiary alicyclic amines) is 1. The van der Waals surface area contributed by atoms with E-state index in [4.69, 9.17) is 4.37 Å². The Morgan fingerprint density at radius 2 is 1.65 bits per heavy atom. The summed E-state index contributed by atoms with van der Waals surface area (Å²) in [5.41, 5.74) is -2.86. The summed E-state index contributed by atoms with van der Waals surface area (Å²) in [7, 11) is 0. The van der Waals surface area contributed by atoms with E-state index < -0.39 is 47.8 Å². The number of benzene rings is 1. The highest BCUT2D eigenvalue weighted by Crippen LogP contribution is 2.64. The molecule has 7 rings (SSSR count). The molecule has 3 aliphatic carbocycles. The van der Waals surface area contributed by atoms with Crippen molar-refractivity contribution in [1.29, 1.82) is 0 Å². The summed E-state index contributed by atoms with van der Waals surface area (Å²) in [6, 6.07) is 8.30. The van der Waals surface area contributed by atoms with Gasteiger partial charge in [0, 0.05) is 50.6 Å². The topological polar surface area (TPSA) is 77.0 Å². The van der Waals surface area contributed by atoms with Gasteiger partial charge < -0.3 is 10.0 Å². The molecule has 0 radical (unpaired) electrons. The van der Waals surface area contributed by atoms with Gasteiger partial charge in [-0.3, -0.25) is 19.4 Å². The van der Waals surface area contributed by atoms with Crippen LogP contribution in [0.4, 0.5) is 19.0 Å². The van der Waals surface area contributed by atoms with Crippen molar-refractivity contribution in [3.8, 4) is 0 Å². The van der Waals surface area contributed by atoms with E-state index in [1.54, 1.807) is 0 Å². The number of aliphatic hydroxyl groups is 1. The molecular weight excluding hydrogens is 541 g/mol. The van der Waals surface area contributed by atoms with Gasteiger partial charge >= 0.3 is 6.18 Å². The lowest BCUT2D eigenvalue weighted by atomic mass is 9.72. The predicted octanol–water partition coefficient (Wildman–Crippen LogP) is 4.16. The van der Waals surface area contributed by atoms with Crippen LogP contribution in [0.3, 0.4) is 0 Å². The number of fused-ring (bicyclic) bond motifs is 6. The highest BCUT2D eigenvalue weighted by molar-refractivity contribution is 7.13. The molecule has 5 aliphatic rings. The smallest absolute Gasteiger partial charge is 0.380 e. The number of hydrogen-bond acceptors (Lipinski definition) is 7. The van der Waals surface area contributed by atoms with Crippen molar-refractivity contribution in [3.63, 3.8) is 0 Å². The number of nitrogens with zero attached hydrogens (tertiary/aromatic N) is 4. The van der Waals surface area contributed by atoms with E-state index in [1.807, 2.05) is 12.1 Å². The molecular formula is C29H35F3N4O3S. The summed E-state index contributed by atoms with van der Waals surface area (Å²) in [4.78, 5) is 32.9. The highest BCUT2D eigenvalue weighted by atomic mass is 32.1. The van der Waals surface area contributed by atoms with Crippen molar-refractivity contribution in [1.82, 2.24) is 14.2 Å². The molecule has 7 nitrogen and oxygen atoms in total. The molecule has 3 heterocycles. The second-order valence-electron chi connectivity index (χ2n) is 12.7. The molecule has 7 atom stereocenters. The Morgan fingerprint density at radius 3 is 2.38 bits per heavy atom. The Balaban J connectivity index is 0.998. The zero-order valence-corrected chi connectivity index (χ0v) is 23.2. The van der Waals surface area contributed by atoms with Crippen molar-refractivity contribution < 1.29 is 27.9 Å². The Labute approximate surface area is 235 Å². The molecule has 2 aromatic rings. The number of aromatic nitrogens is 1. The largest absolute Gasteiger partial charge is 0.417 e. The minimum atomic E-state index is -4.79. The number of anilines is 1. The van der Waals surface area contributed by atoms with Gasteiger partial charge in [-0.1, -0.05) is 25.0 Å². The first-order chi connectivity index (χ1) is 19.2. The first-order valence-corrected chi connectivity index (χ1v) is 15.4. The predicted molar refractivity (Wildman–Crippen MR) is 145 cm³/mol. The molecule has 1 N–H and O–H groups in total. The lowest BCUT2D eigenvalue weighted by molar-refractivity contribution is -0.282. The number of amides is 2. The summed E-state index contributed by atoms with van der Waals surface area (Å²) >= 11 is 1.53. The van der Waals surface area contributed by atoms with Gasteiger partial charge in [0.2, 0.25) is 11.8 Å². The number of piperazine rings is 1. The lowest BCUT2D eigenvalue weighted by Gasteiger charge is -2.40. The summed E-state index contributed by atoms with van der Waals surface area (Å²) in [6.45, 7) is 4.81. The van der Waals surface area contributed by atoms with E-state index in [0.717, 1.165) is 64.2 Å². The Morgan fingerprint density at radius 1 is 0.975 bits per heavy atom. The molecule has 216 valence electrons. The number of carbonyl (C=O) groups is 2. The summed E-state index contributed by atoms with van der Waals surface area (Å²) in [5.74, 6) is -2.76. The average molecular weight is 577 g/mol. The van der Waals surface area contributed by atoms with Crippen LogP contribution in [-0.2, 0) is 9.59 Å². The third kappa shape index (κ3) is 4.09. The first-order valence-electron chi connectivity index (χ1n) is 14.6. The third-order valence-electron chi connectivity index (χ3n) is 10.7. The van der Waals surface area contributed by atoms with Gasteiger partial charge in [0.1, 0.15) is 5.82 Å². The maximum Gasteiger partial charge on any atom is 0.417 e. The number of imide groups is 1. The van der Waals surface area contributed by atoms with Gasteiger partial charge in [-0.05, 0) is 67.1 Å². The van der Waals surface area contributed by atoms with E-state index in [2.05, 4.69) is 21.9 Å². The minimum Gasteiger partial charge on any atom is -0.380 e. The maximum atomic E-state index is 13.7. The fourth-order valence-electron chi connectivity index (χ4n) is 8.65. The standard InChI is InChI=1S/C29H35F3N4O3S/c30-29(31,32)28(39)14-19-13-21(28)24-23(19)26(37)36(27(24)38)16-18-6-2-1-5-17(18)15-34-9-11-35(12-10-34)25-20-7-3-4-8-22(20)40-33-25/h3-4,7-8,17-19,21,23-24,39H,1-2,5-6,9-16H2/t17-,18?,19-,21-,23-,24+,28-/m0/s1. The average Bonchev–Trinajstić information content (AvgIpc) is 3.68. The van der Waals surface area contributed by atoms with Gasteiger partial charge in [0.25, 0.3) is 0 Å². The molecule has 2 bridgehead atoms. The number of rotatable bonds is 5. The Kier molecular flexibility index (Phi) is 6.43. The van der Waals surface area contributed by atoms with Crippen molar-refractivity contribution in [3.05, 3.63) is 24.3 Å². The van der Waals surface area contributed by atoms with E-state index in [1.165, 1.54) is 26.5 Å². The molecule has 5 fully saturated rings. The zero-order valence-electron chi connectivity index (χ0n) is 22.4. The molecule has 1 unspecified atom stereocenters. The minimum absolute atomic E-state index is 0.103. The van der Waals surface area contributed by atoms with Crippen molar-refractivity contribution >= 4 is 39.3 Å². The Hall–Kier alpha value is -2.24. The van der Waals surface area contributed by atoms with E-state index >= 15 is 0 Å². The molecule has 3 saturated carbocycles. The second kappa shape index (κ2) is 9.66. The number of alkyl halides is 3. The summed E-state index contributed by atoms with van der Waals surface area (Å²) in [5, 5.41) is 11.7. The fraction of sp³-hybridized carbons (Fsp3) is 0.690. The normalized spacial score (nSPS) is 36.7. The van der Waals surface area contributed by atoms with Crippen LogP contribution < -0.4 is 4.90 Å². The second-order valence-corrected chi connectivity index (χ2v) is 13.5. The molecule has 2 saturated heterocycles. The van der Waals surface area contributed by atoms with E-state index in [-0.39, 0.29) is 18.2 Å². The van der Waals surface area contributed by atoms with Gasteiger partial charge in [-0.25, -0.2) is 0 Å². The highest BCUT2D eigenvalue weighted by Gasteiger charge is 2.74. The van der Waals surface area contributed by atoms with Gasteiger partial charge in [-0.15, -0.1) is 0 Å². The molecule has 40 heavy (non-hydrogen) atoms. The van der Waals surface area contributed by atoms with E-state index in [9.17, 15) is 27.9 Å². The quantitative estimate of drug-likeness (QED) is 0.539. The van der Waals surface area contributed by atoms with Gasteiger partial charge in [-0.2, -0.15) is 17.5 Å². The lowest BCUT2D eigenvalue weighted by Crippen LogP contribution is -2.54. The first kappa shape index (κ1) is 26.6. The van der Waals surface area contributed by atoms with Crippen LogP contribution in [0.25, 0.3) is 10.1 Å². The third-order valence-corrected chi connectivity index (χ3v) is 11.5. The molecule has 1 aromatic carbocycles. The summed E-state index contributed by atoms with van der Waals surface area (Å²) < 4.78 is 47.1. The van der Waals surface area contributed by atoms with Crippen LogP contribution in [0.2, 0.25) is 0 Å². The molecule has 1 aromatic heterocycles. The Bertz CT molecular complexity index is 1310. The van der Waals surface area contributed by atoms with Crippen molar-refractivity contribution in [2.45, 2.75) is 50.3 Å². The maximum absolute atomic E-state index is 13.7. The molecule has 11 heteroatoms. The SMILES string of the molecule is O=C1[C@H]2[C@H]3C[C@@H]([C@H]2C(=O)N1CC1CCCC[C@H]1CN1CCN(c2nsc4ccccc24)CC1)[C@](O)(C(F)(F)F)C3. The van der Waals surface area contributed by atoms with Crippen molar-refractivity contribution in [2.75, 3.05) is 44.2 Å². The molecule has 0 spiro atoms. The van der Waals surface area contributed by atoms with Crippen LogP contribution in [0, 0.1) is 35.5 Å². The van der Waals surface area contributed by atoms with Crippen LogP contribution in [0.15, 0.2) is 24.3 Å². The zero-order chi connectivity index (χ0) is 27.8. The number of halogens is 3. The van der Waals surface area contributed by atoms with E-state index in [0.29, 0.717) is 12.5 Å². The van der Waals surface area contributed by atoms with Crippen LogP contribution in [0.1, 0.15) is 38.5 Å². The van der Waals surface area contributed by atoms with Crippen molar-refractivity contribution in [2.24, 2.45) is 35.5 Å². The van der Waals surface area contributed by atoms with Gasteiger partial charge in [0.15, 0.2) is 5.60 Å². The van der Waals surface area contributed by atoms with Gasteiger partial charge in [0.05, 0.1) is 16.5 Å². The molecule has 2 amide bonds.